The van der Waals surface area contributed by atoms with E-state index in [1.165, 1.54) is 12.1 Å². The number of carbonyl (C=O) groups excluding carboxylic acids is 2. The number of hydrogen-bond donors (Lipinski definition) is 2. The second-order valence-corrected chi connectivity index (χ2v) is 11.7. The number of nitrogens with one attached hydrogen (secondary N) is 1. The lowest BCUT2D eigenvalue weighted by atomic mass is 9.94. The predicted molar refractivity (Wildman–Crippen MR) is 138 cm³/mol. The van der Waals surface area contributed by atoms with Crippen molar-refractivity contribution in [3.8, 4) is 0 Å². The lowest BCUT2D eigenvalue weighted by Gasteiger charge is -2.29. The number of rotatable bonds is 10. The highest BCUT2D eigenvalue weighted by Crippen LogP contribution is 2.26. The number of sulfonamides is 1. The van der Waals surface area contributed by atoms with E-state index >= 15 is 0 Å². The monoisotopic (exact) mass is 519 g/mol. The largest absolute Gasteiger partial charge is 0.331 e. The van der Waals surface area contributed by atoms with E-state index in [1.54, 1.807) is 35.2 Å². The van der Waals surface area contributed by atoms with Gasteiger partial charge in [0.05, 0.1) is 10.9 Å². The summed E-state index contributed by atoms with van der Waals surface area (Å²) in [7, 11) is -3.90. The molecule has 2 aromatic carbocycles. The van der Waals surface area contributed by atoms with Crippen molar-refractivity contribution in [1.82, 2.24) is 9.62 Å². The molecule has 0 aliphatic carbocycles. The van der Waals surface area contributed by atoms with Crippen LogP contribution in [0.4, 0.5) is 0 Å². The number of ketones is 1. The van der Waals surface area contributed by atoms with Crippen LogP contribution < -0.4 is 10.5 Å². The molecule has 1 unspecified atom stereocenters. The van der Waals surface area contributed by atoms with Gasteiger partial charge in [-0.3, -0.25) is 9.59 Å². The van der Waals surface area contributed by atoms with Crippen LogP contribution in [0.15, 0.2) is 53.4 Å². The molecule has 1 aliphatic rings. The minimum absolute atomic E-state index is 0.0687. The van der Waals surface area contributed by atoms with Gasteiger partial charge >= 0.3 is 0 Å². The SMILES string of the molecule is CC(C)C[C@@H](NS(=O)(=O)c1ccccc1)C(=O)N1CCC[C@H]1C(=O)Cc1cc(Cl)ccc1C(C)N. The molecule has 0 aromatic heterocycles. The third-order valence-electron chi connectivity index (χ3n) is 6.22. The van der Waals surface area contributed by atoms with Crippen molar-refractivity contribution >= 4 is 33.3 Å². The van der Waals surface area contributed by atoms with Crippen LogP contribution in [0.25, 0.3) is 0 Å². The van der Waals surface area contributed by atoms with Crippen molar-refractivity contribution in [2.24, 2.45) is 11.7 Å². The second-order valence-electron chi connectivity index (χ2n) is 9.58. The molecular weight excluding hydrogens is 486 g/mol. The van der Waals surface area contributed by atoms with E-state index in [2.05, 4.69) is 4.72 Å². The van der Waals surface area contributed by atoms with E-state index in [1.807, 2.05) is 26.8 Å². The highest BCUT2D eigenvalue weighted by atomic mass is 35.5. The van der Waals surface area contributed by atoms with Crippen LogP contribution in [0, 0.1) is 5.92 Å². The maximum absolute atomic E-state index is 13.6. The molecule has 3 atom stereocenters. The quantitative estimate of drug-likeness (QED) is 0.495. The van der Waals surface area contributed by atoms with Gasteiger partial charge < -0.3 is 10.6 Å². The lowest BCUT2D eigenvalue weighted by molar-refractivity contribution is -0.139. The van der Waals surface area contributed by atoms with Gasteiger partial charge in [-0.15, -0.1) is 0 Å². The molecule has 3 N–H and O–H groups in total. The number of likely N-dealkylation sites (tertiary alicyclic amines) is 1. The molecule has 1 aliphatic heterocycles. The standard InChI is InChI=1S/C26H34ClN3O4S/c1-17(2)14-23(29-35(33,34)21-8-5-4-6-9-21)26(32)30-13-7-10-24(30)25(31)16-19-15-20(27)11-12-22(19)18(3)28/h4-6,8-9,11-12,15,17-18,23-24,29H,7,10,13-14,16,28H2,1-3H3/t18?,23-,24+/m1/s1. The Morgan fingerprint density at radius 3 is 2.46 bits per heavy atom. The fraction of sp³-hybridized carbons (Fsp3) is 0.462. The van der Waals surface area contributed by atoms with Gasteiger partial charge in [-0.25, -0.2) is 8.42 Å². The minimum Gasteiger partial charge on any atom is -0.331 e. The highest BCUT2D eigenvalue weighted by Gasteiger charge is 2.38. The number of amides is 1. The van der Waals surface area contributed by atoms with E-state index in [0.717, 1.165) is 11.1 Å². The maximum atomic E-state index is 13.6. The van der Waals surface area contributed by atoms with Gasteiger partial charge in [0.1, 0.15) is 6.04 Å². The van der Waals surface area contributed by atoms with Crippen molar-refractivity contribution < 1.29 is 18.0 Å². The zero-order chi connectivity index (χ0) is 25.8. The first-order valence-electron chi connectivity index (χ1n) is 11.9. The van der Waals surface area contributed by atoms with Crippen molar-refractivity contribution in [3.05, 3.63) is 64.7 Å². The molecule has 0 radical (unpaired) electrons. The average Bonchev–Trinajstić information content (AvgIpc) is 3.28. The van der Waals surface area contributed by atoms with Crippen LogP contribution in [0.1, 0.15) is 57.2 Å². The number of halogens is 1. The fourth-order valence-corrected chi connectivity index (χ4v) is 5.99. The summed E-state index contributed by atoms with van der Waals surface area (Å²) in [4.78, 5) is 28.6. The van der Waals surface area contributed by atoms with E-state index in [0.29, 0.717) is 30.8 Å². The smallest absolute Gasteiger partial charge is 0.241 e. The van der Waals surface area contributed by atoms with Crippen LogP contribution in [0.5, 0.6) is 0 Å². The zero-order valence-corrected chi connectivity index (χ0v) is 22.0. The summed E-state index contributed by atoms with van der Waals surface area (Å²) >= 11 is 6.16. The molecular formula is C26H34ClN3O4S. The first-order valence-corrected chi connectivity index (χ1v) is 13.8. The Kier molecular flexibility index (Phi) is 9.10. The number of hydrogen-bond acceptors (Lipinski definition) is 5. The third kappa shape index (κ3) is 6.91. The van der Waals surface area contributed by atoms with Gasteiger partial charge in [-0.05, 0) is 67.5 Å². The Bertz CT molecular complexity index is 1150. The molecule has 3 rings (SSSR count). The van der Waals surface area contributed by atoms with Crippen molar-refractivity contribution in [1.29, 1.82) is 0 Å². The van der Waals surface area contributed by atoms with Crippen molar-refractivity contribution in [2.75, 3.05) is 6.54 Å². The Labute approximate surface area is 213 Å². The Balaban J connectivity index is 1.82. The second kappa shape index (κ2) is 11.6. The summed E-state index contributed by atoms with van der Waals surface area (Å²) in [5.41, 5.74) is 7.67. The first kappa shape index (κ1) is 27.3. The van der Waals surface area contributed by atoms with Crippen LogP contribution in [-0.4, -0.2) is 43.6 Å². The molecule has 0 bridgehead atoms. The molecule has 1 fully saturated rings. The summed E-state index contributed by atoms with van der Waals surface area (Å²) in [6, 6.07) is 11.5. The predicted octanol–water partition coefficient (Wildman–Crippen LogP) is 3.86. The van der Waals surface area contributed by atoms with E-state index in [-0.39, 0.29) is 35.0 Å². The summed E-state index contributed by atoms with van der Waals surface area (Å²) < 4.78 is 28.5. The summed E-state index contributed by atoms with van der Waals surface area (Å²) in [5, 5.41) is 0.517. The van der Waals surface area contributed by atoms with Crippen LogP contribution >= 0.6 is 11.6 Å². The van der Waals surface area contributed by atoms with Gasteiger partial charge in [-0.2, -0.15) is 4.72 Å². The summed E-state index contributed by atoms with van der Waals surface area (Å²) in [6.45, 7) is 6.11. The van der Waals surface area contributed by atoms with Gasteiger partial charge in [0.15, 0.2) is 5.78 Å². The number of benzene rings is 2. The lowest BCUT2D eigenvalue weighted by Crippen LogP contribution is -2.52. The molecule has 2 aromatic rings. The Morgan fingerprint density at radius 2 is 1.83 bits per heavy atom. The van der Waals surface area contributed by atoms with Gasteiger partial charge in [-0.1, -0.05) is 49.7 Å². The van der Waals surface area contributed by atoms with Gasteiger partial charge in [0, 0.05) is 24.0 Å². The first-order chi connectivity index (χ1) is 16.5. The molecule has 7 nitrogen and oxygen atoms in total. The zero-order valence-electron chi connectivity index (χ0n) is 20.4. The highest BCUT2D eigenvalue weighted by molar-refractivity contribution is 7.89. The molecule has 9 heteroatoms. The fourth-order valence-electron chi connectivity index (χ4n) is 4.57. The van der Waals surface area contributed by atoms with E-state index in [4.69, 9.17) is 17.3 Å². The molecule has 0 saturated carbocycles. The average molecular weight is 520 g/mol. The maximum Gasteiger partial charge on any atom is 0.241 e. The number of carbonyl (C=O) groups is 2. The minimum atomic E-state index is -3.90. The summed E-state index contributed by atoms with van der Waals surface area (Å²) in [5.74, 6) is -0.402. The van der Waals surface area contributed by atoms with Crippen LogP contribution in [-0.2, 0) is 26.0 Å². The topological polar surface area (TPSA) is 110 Å². The van der Waals surface area contributed by atoms with E-state index < -0.39 is 22.1 Å². The van der Waals surface area contributed by atoms with Gasteiger partial charge in [0.2, 0.25) is 15.9 Å². The Hall–Kier alpha value is -2.26. The number of Topliss-reactive ketones (excluding diaryl/α,β-unsaturated/α-hetero) is 1. The molecule has 1 saturated heterocycles. The van der Waals surface area contributed by atoms with Crippen LogP contribution in [0.3, 0.4) is 0 Å². The van der Waals surface area contributed by atoms with Crippen molar-refractivity contribution in [2.45, 2.75) is 69.5 Å². The summed E-state index contributed by atoms with van der Waals surface area (Å²) in [6.07, 6.45) is 1.65. The molecule has 0 spiro atoms. The molecule has 1 heterocycles. The van der Waals surface area contributed by atoms with E-state index in [9.17, 15) is 18.0 Å². The number of nitrogens with zero attached hydrogens (tertiary/aromatic N) is 1. The third-order valence-corrected chi connectivity index (χ3v) is 7.95. The van der Waals surface area contributed by atoms with Crippen LogP contribution in [0.2, 0.25) is 5.02 Å². The number of nitrogens with two attached hydrogens (primary N) is 1. The molecule has 190 valence electrons. The Morgan fingerprint density at radius 1 is 1.14 bits per heavy atom. The van der Waals surface area contributed by atoms with Gasteiger partial charge in [0.25, 0.3) is 0 Å². The van der Waals surface area contributed by atoms with Crippen molar-refractivity contribution in [3.63, 3.8) is 0 Å². The normalized spacial score (nSPS) is 18.0. The molecule has 1 amide bonds. The molecule has 35 heavy (non-hydrogen) atoms.